The van der Waals surface area contributed by atoms with E-state index in [1.165, 1.54) is 0 Å². The zero-order chi connectivity index (χ0) is 19.0. The second-order valence-corrected chi connectivity index (χ2v) is 7.32. The molecule has 1 aromatic carbocycles. The zero-order valence-electron chi connectivity index (χ0n) is 15.5. The number of aromatic nitrogens is 8. The fourth-order valence-electron chi connectivity index (χ4n) is 3.17. The second kappa shape index (κ2) is 6.51. The molecule has 9 nitrogen and oxygen atoms in total. The van der Waals surface area contributed by atoms with Gasteiger partial charge in [-0.15, -0.1) is 16.8 Å². The van der Waals surface area contributed by atoms with Crippen LogP contribution >= 0.6 is 0 Å². The van der Waals surface area contributed by atoms with Crippen molar-refractivity contribution in [1.29, 1.82) is 0 Å². The van der Waals surface area contributed by atoms with Gasteiger partial charge in [-0.3, -0.25) is 5.32 Å². The van der Waals surface area contributed by atoms with Gasteiger partial charge in [0.05, 0.1) is 17.1 Å². The lowest BCUT2D eigenvalue weighted by atomic mass is 10.0. The van der Waals surface area contributed by atoms with E-state index in [0.29, 0.717) is 18.0 Å². The van der Waals surface area contributed by atoms with Gasteiger partial charge in [-0.1, -0.05) is 24.3 Å². The highest BCUT2D eigenvalue weighted by atomic mass is 15.6. The Bertz CT molecular complexity index is 1100. The molecule has 1 N–H and O–H groups in total. The highest BCUT2D eigenvalue weighted by molar-refractivity contribution is 5.83. The van der Waals surface area contributed by atoms with Crippen molar-refractivity contribution in [3.8, 4) is 0 Å². The molecule has 0 fully saturated rings. The third kappa shape index (κ3) is 2.95. The van der Waals surface area contributed by atoms with Crippen molar-refractivity contribution in [1.82, 2.24) is 45.6 Å². The van der Waals surface area contributed by atoms with E-state index in [9.17, 15) is 0 Å². The van der Waals surface area contributed by atoms with Crippen molar-refractivity contribution < 1.29 is 0 Å². The molecule has 1 unspecified atom stereocenters. The van der Waals surface area contributed by atoms with Crippen LogP contribution in [0.25, 0.3) is 16.6 Å². The predicted octanol–water partition coefficient (Wildman–Crippen LogP) is 1.88. The predicted molar refractivity (Wildman–Crippen MR) is 101 cm³/mol. The molecule has 0 radical (unpaired) electrons. The molecule has 0 aliphatic carbocycles. The van der Waals surface area contributed by atoms with Crippen LogP contribution in [0.5, 0.6) is 0 Å². The molecule has 9 heteroatoms. The van der Waals surface area contributed by atoms with Gasteiger partial charge in [-0.25, -0.2) is 4.68 Å². The van der Waals surface area contributed by atoms with Gasteiger partial charge in [0.15, 0.2) is 11.5 Å². The first kappa shape index (κ1) is 17.2. The molecule has 0 aliphatic heterocycles. The van der Waals surface area contributed by atoms with Gasteiger partial charge in [0.25, 0.3) is 0 Å². The van der Waals surface area contributed by atoms with Crippen molar-refractivity contribution in [3.63, 3.8) is 0 Å². The number of nitrogens with one attached hydrogen (secondary N) is 1. The van der Waals surface area contributed by atoms with Gasteiger partial charge >= 0.3 is 0 Å². The van der Waals surface area contributed by atoms with E-state index in [4.69, 9.17) is 0 Å². The molecule has 4 aromatic rings. The topological polar surface area (TPSA) is 98.7 Å². The smallest absolute Gasteiger partial charge is 0.185 e. The van der Waals surface area contributed by atoms with Crippen LogP contribution in [0.2, 0.25) is 0 Å². The SMILES string of the molecule is C=CCNC(c1cc2ccccc2n2nnnc12)c1nnnn1C(C)(C)C. The standard InChI is InChI=1S/C18H21N9/c1-5-10-19-15(17-21-23-25-27(17)18(2,3)4)13-11-12-8-6-7-9-14(12)26-16(13)20-22-24-26/h5-9,11,15,19H,1,10H2,2-4H3. The summed E-state index contributed by atoms with van der Waals surface area (Å²) in [5, 5.41) is 29.2. The Kier molecular flexibility index (Phi) is 4.15. The van der Waals surface area contributed by atoms with Crippen molar-refractivity contribution in [2.24, 2.45) is 0 Å². The molecule has 0 spiro atoms. The molecule has 0 saturated carbocycles. The number of fused-ring (bicyclic) bond motifs is 3. The van der Waals surface area contributed by atoms with Gasteiger partial charge < -0.3 is 0 Å². The van der Waals surface area contributed by atoms with E-state index in [2.05, 4.69) is 69.8 Å². The number of pyridine rings is 1. The minimum atomic E-state index is -0.296. The maximum atomic E-state index is 4.31. The summed E-state index contributed by atoms with van der Waals surface area (Å²) in [7, 11) is 0. The van der Waals surface area contributed by atoms with Crippen LogP contribution in [0.1, 0.15) is 38.2 Å². The summed E-state index contributed by atoms with van der Waals surface area (Å²) in [6.07, 6.45) is 1.80. The Morgan fingerprint density at radius 2 is 1.93 bits per heavy atom. The molecule has 0 amide bonds. The summed E-state index contributed by atoms with van der Waals surface area (Å²) in [6, 6.07) is 9.79. The number of tetrazole rings is 2. The number of benzene rings is 1. The molecule has 1 atom stereocenters. The Balaban J connectivity index is 1.97. The molecule has 4 rings (SSSR count). The molecular formula is C18H21N9. The molecule has 0 bridgehead atoms. The summed E-state index contributed by atoms with van der Waals surface area (Å²) in [5.74, 6) is 0.699. The van der Waals surface area contributed by atoms with Crippen LogP contribution < -0.4 is 5.32 Å². The summed E-state index contributed by atoms with van der Waals surface area (Å²) in [4.78, 5) is 0. The van der Waals surface area contributed by atoms with Crippen LogP contribution in [0.3, 0.4) is 0 Å². The van der Waals surface area contributed by atoms with Gasteiger partial charge in [0.1, 0.15) is 0 Å². The highest BCUT2D eigenvalue weighted by Crippen LogP contribution is 2.29. The number of hydrogen-bond acceptors (Lipinski definition) is 7. The molecule has 0 aliphatic rings. The van der Waals surface area contributed by atoms with Crippen molar-refractivity contribution in [2.75, 3.05) is 6.54 Å². The fraction of sp³-hybridized carbons (Fsp3) is 0.333. The molecular weight excluding hydrogens is 342 g/mol. The lowest BCUT2D eigenvalue weighted by Gasteiger charge is -2.24. The quantitative estimate of drug-likeness (QED) is 0.541. The first-order chi connectivity index (χ1) is 13.0. The van der Waals surface area contributed by atoms with Gasteiger partial charge in [-0.2, -0.15) is 4.52 Å². The molecule has 3 heterocycles. The Morgan fingerprint density at radius 1 is 1.15 bits per heavy atom. The van der Waals surface area contributed by atoms with Crippen molar-refractivity contribution >= 4 is 16.6 Å². The fourth-order valence-corrected chi connectivity index (χ4v) is 3.17. The van der Waals surface area contributed by atoms with Crippen LogP contribution in [-0.4, -0.2) is 46.8 Å². The largest absolute Gasteiger partial charge is 0.300 e. The highest BCUT2D eigenvalue weighted by Gasteiger charge is 2.29. The average molecular weight is 363 g/mol. The minimum absolute atomic E-state index is 0.272. The van der Waals surface area contributed by atoms with E-state index in [1.54, 1.807) is 10.6 Å². The lowest BCUT2D eigenvalue weighted by Crippen LogP contribution is -2.32. The second-order valence-electron chi connectivity index (χ2n) is 7.32. The van der Waals surface area contributed by atoms with Crippen LogP contribution in [0.15, 0.2) is 43.0 Å². The van der Waals surface area contributed by atoms with Gasteiger partial charge in [-0.05, 0) is 53.8 Å². The zero-order valence-corrected chi connectivity index (χ0v) is 15.5. The van der Waals surface area contributed by atoms with E-state index >= 15 is 0 Å². The molecule has 27 heavy (non-hydrogen) atoms. The van der Waals surface area contributed by atoms with E-state index in [-0.39, 0.29) is 11.6 Å². The lowest BCUT2D eigenvalue weighted by molar-refractivity contribution is 0.326. The number of hydrogen-bond donors (Lipinski definition) is 1. The van der Waals surface area contributed by atoms with E-state index < -0.39 is 0 Å². The molecule has 138 valence electrons. The van der Waals surface area contributed by atoms with Gasteiger partial charge in [0, 0.05) is 17.5 Å². The summed E-state index contributed by atoms with van der Waals surface area (Å²) in [6.45, 7) is 10.6. The Labute approximate surface area is 156 Å². The summed E-state index contributed by atoms with van der Waals surface area (Å²) < 4.78 is 3.57. The summed E-state index contributed by atoms with van der Waals surface area (Å²) in [5.41, 5.74) is 2.24. The van der Waals surface area contributed by atoms with Gasteiger partial charge in [0.2, 0.25) is 0 Å². The number of para-hydroxylation sites is 1. The van der Waals surface area contributed by atoms with E-state index in [1.807, 2.05) is 28.9 Å². The van der Waals surface area contributed by atoms with Crippen LogP contribution in [-0.2, 0) is 5.54 Å². The first-order valence-electron chi connectivity index (χ1n) is 8.73. The Morgan fingerprint density at radius 3 is 2.70 bits per heavy atom. The summed E-state index contributed by atoms with van der Waals surface area (Å²) >= 11 is 0. The third-order valence-corrected chi connectivity index (χ3v) is 4.37. The van der Waals surface area contributed by atoms with Crippen LogP contribution in [0.4, 0.5) is 0 Å². The first-order valence-corrected chi connectivity index (χ1v) is 8.73. The van der Waals surface area contributed by atoms with Crippen molar-refractivity contribution in [2.45, 2.75) is 32.4 Å². The number of nitrogens with zero attached hydrogens (tertiary/aromatic N) is 8. The maximum absolute atomic E-state index is 4.31. The Hall–Kier alpha value is -3.20. The minimum Gasteiger partial charge on any atom is -0.300 e. The van der Waals surface area contributed by atoms with E-state index in [0.717, 1.165) is 16.5 Å². The molecule has 0 saturated heterocycles. The number of rotatable bonds is 5. The molecule has 3 aromatic heterocycles. The third-order valence-electron chi connectivity index (χ3n) is 4.37. The van der Waals surface area contributed by atoms with Crippen LogP contribution in [0, 0.1) is 0 Å². The van der Waals surface area contributed by atoms with Crippen molar-refractivity contribution in [3.05, 3.63) is 54.4 Å². The monoisotopic (exact) mass is 363 g/mol. The average Bonchev–Trinajstić information content (AvgIpc) is 3.31. The normalized spacial score (nSPS) is 13.3. The maximum Gasteiger partial charge on any atom is 0.185 e.